The summed E-state index contributed by atoms with van der Waals surface area (Å²) in [6, 6.07) is 7.48. The molecule has 0 saturated heterocycles. The number of ether oxygens (including phenoxy) is 1. The lowest BCUT2D eigenvalue weighted by Crippen LogP contribution is -1.98. The zero-order valence-corrected chi connectivity index (χ0v) is 9.27. The molecule has 1 aromatic heterocycles. The summed E-state index contributed by atoms with van der Waals surface area (Å²) in [6.07, 6.45) is 3.96. The van der Waals surface area contributed by atoms with Gasteiger partial charge in [0, 0.05) is 28.7 Å². The predicted molar refractivity (Wildman–Crippen MR) is 63.8 cm³/mol. The Hall–Kier alpha value is -2.36. The lowest BCUT2D eigenvalue weighted by atomic mass is 10.1. The Labute approximate surface area is 97.9 Å². The smallest absolute Gasteiger partial charge is 0.330 e. The predicted octanol–water partition coefficient (Wildman–Crippen LogP) is 2.08. The molecule has 0 unspecified atom stereocenters. The van der Waals surface area contributed by atoms with Crippen molar-refractivity contribution in [3.8, 4) is 0 Å². The maximum Gasteiger partial charge on any atom is 0.330 e. The molecule has 0 radical (unpaired) electrons. The zero-order chi connectivity index (χ0) is 12.3. The molecule has 0 aliphatic carbocycles. The average Bonchev–Trinajstić information content (AvgIpc) is 2.79. The molecular formula is C13H11NO3. The largest absolute Gasteiger partial charge is 0.466 e. The summed E-state index contributed by atoms with van der Waals surface area (Å²) in [5.74, 6) is -0.772. The fourth-order valence-electron chi connectivity index (χ4n) is 1.58. The monoisotopic (exact) mass is 229 g/mol. The zero-order valence-electron chi connectivity index (χ0n) is 9.27. The van der Waals surface area contributed by atoms with E-state index in [4.69, 9.17) is 0 Å². The summed E-state index contributed by atoms with van der Waals surface area (Å²) in [5.41, 5.74) is 1.43. The number of fused-ring (bicyclic) bond motifs is 1. The van der Waals surface area contributed by atoms with E-state index in [2.05, 4.69) is 9.72 Å². The molecule has 0 aliphatic heterocycles. The second kappa shape index (κ2) is 4.65. The standard InChI is InChI=1S/C13H11NO3/c1-17-13(16)7-6-12(15)10-8-14-11-5-3-2-4-9(10)11/h2-8,14H,1H3/b7-6+. The number of esters is 1. The first-order valence-corrected chi connectivity index (χ1v) is 5.09. The van der Waals surface area contributed by atoms with Gasteiger partial charge in [-0.15, -0.1) is 0 Å². The minimum atomic E-state index is -0.543. The summed E-state index contributed by atoms with van der Waals surface area (Å²) in [6.45, 7) is 0. The molecule has 0 aliphatic rings. The van der Waals surface area contributed by atoms with Crippen LogP contribution in [-0.4, -0.2) is 23.8 Å². The van der Waals surface area contributed by atoms with Crippen LogP contribution in [0, 0.1) is 0 Å². The Bertz CT molecular complexity index is 595. The van der Waals surface area contributed by atoms with Gasteiger partial charge in [0.05, 0.1) is 7.11 Å². The minimum absolute atomic E-state index is 0.229. The van der Waals surface area contributed by atoms with Gasteiger partial charge in [-0.3, -0.25) is 4.79 Å². The molecule has 17 heavy (non-hydrogen) atoms. The van der Waals surface area contributed by atoms with Crippen LogP contribution in [0.1, 0.15) is 10.4 Å². The van der Waals surface area contributed by atoms with Gasteiger partial charge in [-0.05, 0) is 12.1 Å². The molecule has 0 bridgehead atoms. The Morgan fingerprint density at radius 1 is 1.24 bits per heavy atom. The highest BCUT2D eigenvalue weighted by atomic mass is 16.5. The van der Waals surface area contributed by atoms with Crippen LogP contribution in [0.2, 0.25) is 0 Å². The molecule has 2 aromatic rings. The highest BCUT2D eigenvalue weighted by Gasteiger charge is 2.08. The topological polar surface area (TPSA) is 59.2 Å². The normalized spacial score (nSPS) is 10.9. The summed E-state index contributed by atoms with van der Waals surface area (Å²) in [4.78, 5) is 25.7. The number of hydrogen-bond acceptors (Lipinski definition) is 3. The van der Waals surface area contributed by atoms with Gasteiger partial charge in [0.25, 0.3) is 0 Å². The third kappa shape index (κ3) is 2.25. The van der Waals surface area contributed by atoms with Gasteiger partial charge in [-0.25, -0.2) is 4.79 Å². The molecule has 0 fully saturated rings. The van der Waals surface area contributed by atoms with Crippen molar-refractivity contribution in [1.82, 2.24) is 4.98 Å². The van der Waals surface area contributed by atoms with Crippen LogP contribution in [-0.2, 0) is 9.53 Å². The maximum absolute atomic E-state index is 11.8. The molecule has 4 heteroatoms. The molecule has 4 nitrogen and oxygen atoms in total. The van der Waals surface area contributed by atoms with Crippen LogP contribution in [0.15, 0.2) is 42.6 Å². The van der Waals surface area contributed by atoms with Gasteiger partial charge >= 0.3 is 5.97 Å². The molecule has 0 saturated carbocycles. The van der Waals surface area contributed by atoms with Gasteiger partial charge in [-0.1, -0.05) is 18.2 Å². The number of nitrogens with one attached hydrogen (secondary N) is 1. The maximum atomic E-state index is 11.8. The number of ketones is 1. The van der Waals surface area contributed by atoms with Gasteiger partial charge in [0.15, 0.2) is 5.78 Å². The Morgan fingerprint density at radius 3 is 2.76 bits per heavy atom. The van der Waals surface area contributed by atoms with E-state index in [0.717, 1.165) is 17.0 Å². The van der Waals surface area contributed by atoms with Crippen LogP contribution >= 0.6 is 0 Å². The van der Waals surface area contributed by atoms with Crippen LogP contribution < -0.4 is 0 Å². The van der Waals surface area contributed by atoms with Crippen molar-refractivity contribution in [2.24, 2.45) is 0 Å². The van der Waals surface area contributed by atoms with Gasteiger partial charge in [-0.2, -0.15) is 0 Å². The average molecular weight is 229 g/mol. The SMILES string of the molecule is COC(=O)/C=C/C(=O)c1c[nH]c2ccccc12. The van der Waals surface area contributed by atoms with Crippen molar-refractivity contribution >= 4 is 22.7 Å². The molecule has 1 aromatic carbocycles. The summed E-state index contributed by atoms with van der Waals surface area (Å²) in [5, 5.41) is 0.840. The number of methoxy groups -OCH3 is 1. The van der Waals surface area contributed by atoms with Gasteiger partial charge in [0.1, 0.15) is 0 Å². The number of para-hydroxylation sites is 1. The van der Waals surface area contributed by atoms with Crippen LogP contribution in [0.25, 0.3) is 10.9 Å². The molecule has 0 atom stereocenters. The van der Waals surface area contributed by atoms with Crippen molar-refractivity contribution in [3.05, 3.63) is 48.2 Å². The van der Waals surface area contributed by atoms with E-state index in [9.17, 15) is 9.59 Å². The van der Waals surface area contributed by atoms with E-state index in [1.165, 1.54) is 13.2 Å². The Morgan fingerprint density at radius 2 is 2.00 bits per heavy atom. The van der Waals surface area contributed by atoms with E-state index in [-0.39, 0.29) is 5.78 Å². The van der Waals surface area contributed by atoms with E-state index in [0.29, 0.717) is 5.56 Å². The fourth-order valence-corrected chi connectivity index (χ4v) is 1.58. The summed E-state index contributed by atoms with van der Waals surface area (Å²) < 4.78 is 4.42. The Kier molecular flexibility index (Phi) is 3.05. The summed E-state index contributed by atoms with van der Waals surface area (Å²) in [7, 11) is 1.27. The van der Waals surface area contributed by atoms with Crippen molar-refractivity contribution in [3.63, 3.8) is 0 Å². The first-order valence-electron chi connectivity index (χ1n) is 5.09. The van der Waals surface area contributed by atoms with Crippen molar-refractivity contribution in [2.75, 3.05) is 7.11 Å². The van der Waals surface area contributed by atoms with Crippen molar-refractivity contribution < 1.29 is 14.3 Å². The van der Waals surface area contributed by atoms with Crippen LogP contribution in [0.4, 0.5) is 0 Å². The third-order valence-corrected chi connectivity index (χ3v) is 2.43. The molecule has 0 spiro atoms. The van der Waals surface area contributed by atoms with Gasteiger partial charge < -0.3 is 9.72 Å². The van der Waals surface area contributed by atoms with E-state index in [1.807, 2.05) is 24.3 Å². The highest BCUT2D eigenvalue weighted by Crippen LogP contribution is 2.18. The number of H-pyrrole nitrogens is 1. The minimum Gasteiger partial charge on any atom is -0.466 e. The number of aromatic amines is 1. The van der Waals surface area contributed by atoms with Crippen molar-refractivity contribution in [2.45, 2.75) is 0 Å². The number of hydrogen-bond donors (Lipinski definition) is 1. The van der Waals surface area contributed by atoms with Crippen LogP contribution in [0.3, 0.4) is 0 Å². The number of benzene rings is 1. The molecule has 1 heterocycles. The number of rotatable bonds is 3. The number of allylic oxidation sites excluding steroid dienone is 1. The molecule has 2 rings (SSSR count). The number of carbonyl (C=O) groups excluding carboxylic acids is 2. The third-order valence-electron chi connectivity index (χ3n) is 2.43. The second-order valence-corrected chi connectivity index (χ2v) is 3.47. The summed E-state index contributed by atoms with van der Waals surface area (Å²) >= 11 is 0. The first kappa shape index (κ1) is 11.1. The first-order chi connectivity index (χ1) is 8.22. The molecular weight excluding hydrogens is 218 g/mol. The lowest BCUT2D eigenvalue weighted by Gasteiger charge is -1.93. The van der Waals surface area contributed by atoms with Crippen LogP contribution in [0.5, 0.6) is 0 Å². The number of aromatic nitrogens is 1. The second-order valence-electron chi connectivity index (χ2n) is 3.47. The van der Waals surface area contributed by atoms with E-state index >= 15 is 0 Å². The van der Waals surface area contributed by atoms with E-state index < -0.39 is 5.97 Å². The molecule has 1 N–H and O–H groups in total. The molecule has 86 valence electrons. The quantitative estimate of drug-likeness (QED) is 0.498. The molecule has 0 amide bonds. The lowest BCUT2D eigenvalue weighted by molar-refractivity contribution is -0.134. The number of carbonyl (C=O) groups is 2. The van der Waals surface area contributed by atoms with Crippen molar-refractivity contribution in [1.29, 1.82) is 0 Å². The highest BCUT2D eigenvalue weighted by molar-refractivity contribution is 6.14. The fraction of sp³-hybridized carbons (Fsp3) is 0.0769. The van der Waals surface area contributed by atoms with Gasteiger partial charge in [0.2, 0.25) is 0 Å². The van der Waals surface area contributed by atoms with E-state index in [1.54, 1.807) is 6.20 Å². The Balaban J connectivity index is 2.31.